The Bertz CT molecular complexity index is 1210. The van der Waals surface area contributed by atoms with Gasteiger partial charge >= 0.3 is 6.03 Å². The van der Waals surface area contributed by atoms with Gasteiger partial charge in [0.05, 0.1) is 7.11 Å². The predicted molar refractivity (Wildman–Crippen MR) is 103 cm³/mol. The third-order valence-electron chi connectivity index (χ3n) is 3.96. The standard InChI is InChI=1S/C15H15ClFN5O6S2/c1-28-12-7-11(16)18-14(19-12)20-15(23)21-29(24,25)10-4-2-3-9-8-22(6-5-17)30(26,27)13(9)10/h2-4,7H,5-6,8H2,1H3,(H2,18,19,20,21,23). The lowest BCUT2D eigenvalue weighted by molar-refractivity contribution is 0.256. The first-order valence-electron chi connectivity index (χ1n) is 8.19. The zero-order chi connectivity index (χ0) is 22.1. The van der Waals surface area contributed by atoms with Crippen LogP contribution in [0.15, 0.2) is 34.1 Å². The number of nitrogens with zero attached hydrogens (tertiary/aromatic N) is 3. The lowest BCUT2D eigenvalue weighted by Gasteiger charge is -2.13. The highest BCUT2D eigenvalue weighted by atomic mass is 35.5. The Morgan fingerprint density at radius 1 is 1.37 bits per heavy atom. The minimum atomic E-state index is -4.62. The van der Waals surface area contributed by atoms with E-state index in [0.29, 0.717) is 0 Å². The van der Waals surface area contributed by atoms with Gasteiger partial charge in [-0.25, -0.2) is 35.7 Å². The summed E-state index contributed by atoms with van der Waals surface area (Å²) in [6, 6.07) is 3.78. The van der Waals surface area contributed by atoms with Gasteiger partial charge < -0.3 is 4.74 Å². The second-order valence-electron chi connectivity index (χ2n) is 5.89. The van der Waals surface area contributed by atoms with Gasteiger partial charge in [-0.2, -0.15) is 9.29 Å². The number of fused-ring (bicyclic) bond motifs is 1. The van der Waals surface area contributed by atoms with Crippen molar-refractivity contribution >= 4 is 43.6 Å². The second-order valence-corrected chi connectivity index (χ2v) is 9.80. The third kappa shape index (κ3) is 4.30. The number of anilines is 1. The Hall–Kier alpha value is -2.55. The lowest BCUT2D eigenvalue weighted by Crippen LogP contribution is -2.36. The van der Waals surface area contributed by atoms with Crippen molar-refractivity contribution in [2.45, 2.75) is 16.3 Å². The Morgan fingerprint density at radius 2 is 2.10 bits per heavy atom. The molecule has 1 aliphatic heterocycles. The smallest absolute Gasteiger partial charge is 0.335 e. The molecule has 0 saturated carbocycles. The molecular weight excluding hydrogens is 465 g/mol. The van der Waals surface area contributed by atoms with Crippen LogP contribution in [0.1, 0.15) is 5.56 Å². The van der Waals surface area contributed by atoms with E-state index >= 15 is 0 Å². The van der Waals surface area contributed by atoms with Crippen molar-refractivity contribution in [2.24, 2.45) is 0 Å². The summed E-state index contributed by atoms with van der Waals surface area (Å²) < 4.78 is 70.8. The van der Waals surface area contributed by atoms with Gasteiger partial charge in [-0.1, -0.05) is 23.7 Å². The van der Waals surface area contributed by atoms with E-state index in [1.807, 2.05) is 0 Å². The quantitative estimate of drug-likeness (QED) is 0.585. The summed E-state index contributed by atoms with van der Waals surface area (Å²) in [5.74, 6) is -0.319. The number of amides is 2. The SMILES string of the molecule is COc1cc(Cl)nc(NC(=O)NS(=O)(=O)c2cccc3c2S(=O)(=O)N(CCF)C3)n1. The van der Waals surface area contributed by atoms with Gasteiger partial charge in [0.15, 0.2) is 0 Å². The molecule has 1 aliphatic rings. The molecule has 2 heterocycles. The van der Waals surface area contributed by atoms with Crippen LogP contribution in [0, 0.1) is 0 Å². The van der Waals surface area contributed by atoms with Crippen molar-refractivity contribution in [3.63, 3.8) is 0 Å². The number of nitrogens with one attached hydrogen (secondary N) is 2. The molecule has 1 aromatic carbocycles. The van der Waals surface area contributed by atoms with Gasteiger partial charge in [-0.15, -0.1) is 0 Å². The molecule has 0 fully saturated rings. The van der Waals surface area contributed by atoms with Crippen LogP contribution in [0.4, 0.5) is 15.1 Å². The number of hydrogen-bond acceptors (Lipinski definition) is 8. The number of alkyl halides is 1. The van der Waals surface area contributed by atoms with E-state index in [1.54, 1.807) is 4.72 Å². The minimum Gasteiger partial charge on any atom is -0.481 e. The number of halogens is 2. The van der Waals surface area contributed by atoms with Crippen LogP contribution >= 0.6 is 11.6 Å². The topological polar surface area (TPSA) is 148 Å². The maximum atomic E-state index is 12.7. The predicted octanol–water partition coefficient (Wildman–Crippen LogP) is 1.12. The van der Waals surface area contributed by atoms with Gasteiger partial charge in [-0.3, -0.25) is 5.32 Å². The normalized spacial score (nSPS) is 15.4. The molecule has 0 radical (unpaired) electrons. The number of aromatic nitrogens is 2. The highest BCUT2D eigenvalue weighted by Gasteiger charge is 2.40. The van der Waals surface area contributed by atoms with Crippen molar-refractivity contribution in [3.05, 3.63) is 35.0 Å². The molecule has 0 unspecified atom stereocenters. The van der Waals surface area contributed by atoms with Gasteiger partial charge in [0.2, 0.25) is 21.9 Å². The van der Waals surface area contributed by atoms with Crippen LogP contribution in [-0.2, 0) is 26.6 Å². The summed E-state index contributed by atoms with van der Waals surface area (Å²) >= 11 is 5.76. The van der Waals surface area contributed by atoms with Crippen LogP contribution in [0.3, 0.4) is 0 Å². The Morgan fingerprint density at radius 3 is 2.77 bits per heavy atom. The summed E-state index contributed by atoms with van der Waals surface area (Å²) in [5, 5.41) is 2.01. The number of urea groups is 1. The fourth-order valence-corrected chi connectivity index (χ4v) is 6.27. The van der Waals surface area contributed by atoms with Crippen molar-refractivity contribution in [3.8, 4) is 5.88 Å². The summed E-state index contributed by atoms with van der Waals surface area (Å²) in [6.45, 7) is -1.52. The summed E-state index contributed by atoms with van der Waals surface area (Å²) in [7, 11) is -7.57. The fraction of sp³-hybridized carbons (Fsp3) is 0.267. The van der Waals surface area contributed by atoms with E-state index in [2.05, 4.69) is 15.3 Å². The number of benzene rings is 1. The number of carbonyl (C=O) groups excluding carboxylic acids is 1. The molecule has 2 N–H and O–H groups in total. The van der Waals surface area contributed by atoms with Gasteiger partial charge in [-0.05, 0) is 11.6 Å². The van der Waals surface area contributed by atoms with E-state index in [9.17, 15) is 26.0 Å². The maximum Gasteiger partial charge on any atom is 0.335 e. The number of hydrogen-bond donors (Lipinski definition) is 2. The molecule has 15 heteroatoms. The van der Waals surface area contributed by atoms with Crippen LogP contribution in [0.2, 0.25) is 5.15 Å². The highest BCUT2D eigenvalue weighted by Crippen LogP contribution is 2.35. The van der Waals surface area contributed by atoms with E-state index < -0.39 is 49.1 Å². The summed E-state index contributed by atoms with van der Waals surface area (Å²) in [4.78, 5) is 18.5. The molecule has 0 bridgehead atoms. The van der Waals surface area contributed by atoms with E-state index in [4.69, 9.17) is 16.3 Å². The third-order valence-corrected chi connectivity index (χ3v) is 7.65. The van der Waals surface area contributed by atoms with Crippen LogP contribution in [0.5, 0.6) is 5.88 Å². The zero-order valence-electron chi connectivity index (χ0n) is 15.3. The highest BCUT2D eigenvalue weighted by molar-refractivity contribution is 7.93. The summed E-state index contributed by atoms with van der Waals surface area (Å²) in [6.07, 6.45) is 0. The molecule has 11 nitrogen and oxygen atoms in total. The molecule has 0 aliphatic carbocycles. The number of methoxy groups -OCH3 is 1. The number of rotatable bonds is 6. The molecule has 2 amide bonds. The summed E-state index contributed by atoms with van der Waals surface area (Å²) in [5.41, 5.74) is 0.176. The molecule has 0 atom stereocenters. The number of sulfonamides is 2. The monoisotopic (exact) mass is 479 g/mol. The number of ether oxygens (including phenoxy) is 1. The largest absolute Gasteiger partial charge is 0.481 e. The molecule has 30 heavy (non-hydrogen) atoms. The van der Waals surface area contributed by atoms with Crippen molar-refractivity contribution in [1.29, 1.82) is 0 Å². The zero-order valence-corrected chi connectivity index (χ0v) is 17.7. The average Bonchev–Trinajstić information content (AvgIpc) is 2.91. The van der Waals surface area contributed by atoms with E-state index in [1.165, 1.54) is 25.3 Å². The fourth-order valence-electron chi connectivity index (χ4n) is 2.75. The first-order chi connectivity index (χ1) is 14.1. The van der Waals surface area contributed by atoms with Gasteiger partial charge in [0.1, 0.15) is 21.6 Å². The average molecular weight is 480 g/mol. The Labute approximate surface area is 176 Å². The van der Waals surface area contributed by atoms with Crippen LogP contribution in [0.25, 0.3) is 0 Å². The molecule has 3 rings (SSSR count). The second kappa shape index (κ2) is 8.29. The lowest BCUT2D eigenvalue weighted by atomic mass is 10.2. The Kier molecular flexibility index (Phi) is 6.12. The number of carbonyl (C=O) groups is 1. The van der Waals surface area contributed by atoms with Crippen molar-refractivity contribution < 1.29 is 30.8 Å². The molecule has 0 saturated heterocycles. The van der Waals surface area contributed by atoms with E-state index in [-0.39, 0.29) is 29.1 Å². The van der Waals surface area contributed by atoms with Crippen LogP contribution in [-0.4, -0.2) is 57.5 Å². The maximum absolute atomic E-state index is 12.7. The Balaban J connectivity index is 1.89. The van der Waals surface area contributed by atoms with E-state index in [0.717, 1.165) is 10.4 Å². The van der Waals surface area contributed by atoms with Gasteiger partial charge in [0.25, 0.3) is 10.0 Å². The van der Waals surface area contributed by atoms with Crippen molar-refractivity contribution in [1.82, 2.24) is 19.0 Å². The van der Waals surface area contributed by atoms with Crippen molar-refractivity contribution in [2.75, 3.05) is 25.6 Å². The molecular formula is C15H15ClFN5O6S2. The molecule has 2 aromatic rings. The first-order valence-corrected chi connectivity index (χ1v) is 11.5. The molecule has 1 aromatic heterocycles. The minimum absolute atomic E-state index is 0.0214. The van der Waals surface area contributed by atoms with Crippen LogP contribution < -0.4 is 14.8 Å². The molecule has 0 spiro atoms. The first kappa shape index (κ1) is 22.1. The molecule has 162 valence electrons. The van der Waals surface area contributed by atoms with Gasteiger partial charge in [0, 0.05) is 19.2 Å².